The van der Waals surface area contributed by atoms with Gasteiger partial charge in [0.05, 0.1) is 7.11 Å². The van der Waals surface area contributed by atoms with Crippen molar-refractivity contribution >= 4 is 17.8 Å². The molecular formula is C17H28N2O5. The van der Waals surface area contributed by atoms with E-state index in [0.717, 1.165) is 6.42 Å². The Kier molecular flexibility index (Phi) is 5.52. The first-order valence-electron chi connectivity index (χ1n) is 8.52. The number of carbonyl (C=O) groups is 3. The van der Waals surface area contributed by atoms with E-state index in [1.807, 2.05) is 25.7 Å². The summed E-state index contributed by atoms with van der Waals surface area (Å²) < 4.78 is 10.2. The van der Waals surface area contributed by atoms with Crippen molar-refractivity contribution in [1.29, 1.82) is 0 Å². The van der Waals surface area contributed by atoms with Crippen molar-refractivity contribution in [3.05, 3.63) is 0 Å². The summed E-state index contributed by atoms with van der Waals surface area (Å²) in [6.45, 7) is 9.08. The number of ether oxygens (including phenoxy) is 2. The van der Waals surface area contributed by atoms with Crippen LogP contribution in [0.5, 0.6) is 0 Å². The van der Waals surface area contributed by atoms with Gasteiger partial charge in [-0.1, -0.05) is 6.92 Å². The van der Waals surface area contributed by atoms with Gasteiger partial charge in [-0.15, -0.1) is 0 Å². The zero-order valence-corrected chi connectivity index (χ0v) is 15.2. The van der Waals surface area contributed by atoms with E-state index >= 15 is 0 Å². The van der Waals surface area contributed by atoms with E-state index in [2.05, 4.69) is 0 Å². The van der Waals surface area contributed by atoms with E-state index in [-0.39, 0.29) is 23.8 Å². The third-order valence-electron chi connectivity index (χ3n) is 4.63. The number of hydrogen-bond acceptors (Lipinski definition) is 6. The summed E-state index contributed by atoms with van der Waals surface area (Å²) >= 11 is 0. The molecule has 136 valence electrons. The van der Waals surface area contributed by atoms with Crippen LogP contribution < -0.4 is 0 Å². The van der Waals surface area contributed by atoms with Crippen molar-refractivity contribution < 1.29 is 23.9 Å². The highest BCUT2D eigenvalue weighted by atomic mass is 16.6. The van der Waals surface area contributed by atoms with Crippen LogP contribution in [-0.2, 0) is 19.1 Å². The third kappa shape index (κ3) is 3.88. The number of rotatable bonds is 4. The highest BCUT2D eigenvalue weighted by Gasteiger charge is 2.50. The number of amides is 1. The number of ketones is 1. The molecule has 2 rings (SSSR count). The van der Waals surface area contributed by atoms with Gasteiger partial charge in [0.2, 0.25) is 0 Å². The summed E-state index contributed by atoms with van der Waals surface area (Å²) in [5.74, 6) is -0.340. The number of piperidine rings is 1. The lowest BCUT2D eigenvalue weighted by molar-refractivity contribution is -0.161. The minimum Gasteiger partial charge on any atom is -0.468 e. The summed E-state index contributed by atoms with van der Waals surface area (Å²) in [6.07, 6.45) is 0.736. The van der Waals surface area contributed by atoms with E-state index in [9.17, 15) is 14.4 Å². The van der Waals surface area contributed by atoms with Crippen LogP contribution in [0.25, 0.3) is 0 Å². The van der Waals surface area contributed by atoms with Gasteiger partial charge in [0.25, 0.3) is 0 Å². The number of fused-ring (bicyclic) bond motifs is 1. The van der Waals surface area contributed by atoms with Crippen molar-refractivity contribution in [2.75, 3.05) is 26.7 Å². The number of Topliss-reactive ketones (excluding diaryl/α,β-unsaturated/α-hetero) is 1. The largest absolute Gasteiger partial charge is 0.468 e. The molecule has 7 heteroatoms. The second-order valence-electron chi connectivity index (χ2n) is 7.48. The molecule has 2 aliphatic rings. The zero-order valence-electron chi connectivity index (χ0n) is 15.2. The minimum atomic E-state index is -0.811. The molecule has 0 radical (unpaired) electrons. The summed E-state index contributed by atoms with van der Waals surface area (Å²) in [5.41, 5.74) is -0.511. The Bertz CT molecular complexity index is 498. The number of likely N-dealkylation sites (tertiary alicyclic amines) is 2. The highest BCUT2D eigenvalue weighted by Crippen LogP contribution is 2.35. The molecule has 0 aromatic heterocycles. The third-order valence-corrected chi connectivity index (χ3v) is 4.63. The first-order valence-corrected chi connectivity index (χ1v) is 8.52. The maximum Gasteiger partial charge on any atom is 0.410 e. The second kappa shape index (κ2) is 7.09. The predicted octanol–water partition coefficient (Wildman–Crippen LogP) is 1.45. The maximum atomic E-state index is 12.2. The average molecular weight is 340 g/mol. The molecule has 1 amide bonds. The summed E-state index contributed by atoms with van der Waals surface area (Å²) in [5, 5.41) is 0. The van der Waals surface area contributed by atoms with Gasteiger partial charge in [-0.05, 0) is 27.2 Å². The SMILES string of the molecule is CCC(=O)C(C(=O)OC)N1CC2CN(C(=O)OC(C)(C)C)CCC21. The van der Waals surface area contributed by atoms with Crippen LogP contribution in [0.3, 0.4) is 0 Å². The van der Waals surface area contributed by atoms with Crippen molar-refractivity contribution in [2.45, 2.75) is 58.2 Å². The van der Waals surface area contributed by atoms with E-state index in [4.69, 9.17) is 9.47 Å². The lowest BCUT2D eigenvalue weighted by Crippen LogP contribution is -2.69. The van der Waals surface area contributed by atoms with Crippen LogP contribution in [0, 0.1) is 5.92 Å². The van der Waals surface area contributed by atoms with Gasteiger partial charge in [-0.2, -0.15) is 0 Å². The average Bonchev–Trinajstić information content (AvgIpc) is 2.49. The van der Waals surface area contributed by atoms with Gasteiger partial charge in [0.1, 0.15) is 5.60 Å². The van der Waals surface area contributed by atoms with Crippen molar-refractivity contribution in [1.82, 2.24) is 9.80 Å². The first kappa shape index (κ1) is 18.7. The molecule has 2 saturated heterocycles. The molecule has 0 saturated carbocycles. The van der Waals surface area contributed by atoms with Gasteiger partial charge in [0, 0.05) is 38.0 Å². The summed E-state index contributed by atoms with van der Waals surface area (Å²) in [6, 6.07) is -0.669. The Labute approximate surface area is 143 Å². The number of esters is 1. The van der Waals surface area contributed by atoms with Crippen LogP contribution in [0.15, 0.2) is 0 Å². The Balaban J connectivity index is 1.97. The van der Waals surface area contributed by atoms with E-state index in [1.54, 1.807) is 11.8 Å². The lowest BCUT2D eigenvalue weighted by Gasteiger charge is -2.54. The first-order chi connectivity index (χ1) is 11.2. The van der Waals surface area contributed by atoms with Gasteiger partial charge in [0.15, 0.2) is 11.8 Å². The quantitative estimate of drug-likeness (QED) is 0.569. The molecule has 3 atom stereocenters. The standard InChI is InChI=1S/C17H28N2O5/c1-6-13(20)14(15(21)23-5)19-10-11-9-18(8-7-12(11)19)16(22)24-17(2,3)4/h11-12,14H,6-10H2,1-5H3. The smallest absolute Gasteiger partial charge is 0.410 e. The van der Waals surface area contributed by atoms with Crippen molar-refractivity contribution in [2.24, 2.45) is 5.92 Å². The molecule has 0 N–H and O–H groups in total. The Hall–Kier alpha value is -1.63. The topological polar surface area (TPSA) is 76.2 Å². The fraction of sp³-hybridized carbons (Fsp3) is 0.824. The van der Waals surface area contributed by atoms with Crippen LogP contribution in [0.2, 0.25) is 0 Å². The molecule has 2 heterocycles. The number of carbonyl (C=O) groups excluding carboxylic acids is 3. The summed E-state index contributed by atoms with van der Waals surface area (Å²) in [4.78, 5) is 39.9. The fourth-order valence-electron chi connectivity index (χ4n) is 3.45. The highest BCUT2D eigenvalue weighted by molar-refractivity contribution is 6.03. The zero-order chi connectivity index (χ0) is 18.1. The molecular weight excluding hydrogens is 312 g/mol. The maximum absolute atomic E-state index is 12.2. The Morgan fingerprint density at radius 3 is 2.38 bits per heavy atom. The normalized spacial score (nSPS) is 25.3. The molecule has 2 aliphatic heterocycles. The lowest BCUT2D eigenvalue weighted by atomic mass is 9.80. The van der Waals surface area contributed by atoms with Gasteiger partial charge >= 0.3 is 12.1 Å². The van der Waals surface area contributed by atoms with Crippen LogP contribution >= 0.6 is 0 Å². The van der Waals surface area contributed by atoms with Crippen LogP contribution in [0.4, 0.5) is 4.79 Å². The minimum absolute atomic E-state index is 0.116. The van der Waals surface area contributed by atoms with Gasteiger partial charge in [-0.25, -0.2) is 9.59 Å². The van der Waals surface area contributed by atoms with E-state index < -0.39 is 17.6 Å². The molecule has 0 bridgehead atoms. The molecule has 0 spiro atoms. The Morgan fingerprint density at radius 1 is 1.21 bits per heavy atom. The molecule has 7 nitrogen and oxygen atoms in total. The fourth-order valence-corrected chi connectivity index (χ4v) is 3.45. The van der Waals surface area contributed by atoms with E-state index in [1.165, 1.54) is 7.11 Å². The second-order valence-corrected chi connectivity index (χ2v) is 7.48. The molecule has 3 unspecified atom stereocenters. The Morgan fingerprint density at radius 2 is 1.88 bits per heavy atom. The molecule has 24 heavy (non-hydrogen) atoms. The predicted molar refractivity (Wildman–Crippen MR) is 87.5 cm³/mol. The van der Waals surface area contributed by atoms with Gasteiger partial charge < -0.3 is 14.4 Å². The summed E-state index contributed by atoms with van der Waals surface area (Å²) in [7, 11) is 1.31. The van der Waals surface area contributed by atoms with Gasteiger partial charge in [-0.3, -0.25) is 9.69 Å². The van der Waals surface area contributed by atoms with Crippen LogP contribution in [0.1, 0.15) is 40.5 Å². The van der Waals surface area contributed by atoms with E-state index in [0.29, 0.717) is 26.1 Å². The number of hydrogen-bond donors (Lipinski definition) is 0. The molecule has 2 fully saturated rings. The van der Waals surface area contributed by atoms with Crippen LogP contribution in [-0.4, -0.2) is 72.1 Å². The molecule has 0 aromatic rings. The van der Waals surface area contributed by atoms with Crippen molar-refractivity contribution in [3.8, 4) is 0 Å². The molecule has 0 aromatic carbocycles. The molecule has 0 aliphatic carbocycles. The van der Waals surface area contributed by atoms with Crippen molar-refractivity contribution in [3.63, 3.8) is 0 Å². The number of methoxy groups -OCH3 is 1. The monoisotopic (exact) mass is 340 g/mol. The number of nitrogens with zero attached hydrogens (tertiary/aromatic N) is 2.